The molecule has 2 aromatic carbocycles. The molecule has 4 nitrogen and oxygen atoms in total. The van der Waals surface area contributed by atoms with Gasteiger partial charge in [-0.15, -0.1) is 0 Å². The van der Waals surface area contributed by atoms with Crippen LogP contribution in [0.25, 0.3) is 0 Å². The van der Waals surface area contributed by atoms with E-state index < -0.39 is 5.97 Å². The maximum atomic E-state index is 11.7. The van der Waals surface area contributed by atoms with Gasteiger partial charge in [0.2, 0.25) is 0 Å². The number of hydrogen-bond acceptors (Lipinski definition) is 3. The zero-order valence-corrected chi connectivity index (χ0v) is 20.0. The number of carbonyl (C=O) groups is 1. The molecule has 174 valence electrons. The van der Waals surface area contributed by atoms with Crippen molar-refractivity contribution in [1.29, 1.82) is 0 Å². The highest BCUT2D eigenvalue weighted by molar-refractivity contribution is 6.30. The van der Waals surface area contributed by atoms with Gasteiger partial charge in [0.25, 0.3) is 0 Å². The monoisotopic (exact) mass is 465 g/mol. The molecule has 1 spiro atoms. The molecule has 1 heterocycles. The van der Waals surface area contributed by atoms with Crippen molar-refractivity contribution in [1.82, 2.24) is 0 Å². The second kappa shape index (κ2) is 9.06. The van der Waals surface area contributed by atoms with Crippen molar-refractivity contribution in [2.45, 2.75) is 50.9 Å². The first-order valence-corrected chi connectivity index (χ1v) is 12.6. The van der Waals surface area contributed by atoms with E-state index in [0.29, 0.717) is 24.0 Å². The fourth-order valence-corrected chi connectivity index (χ4v) is 5.99. The third kappa shape index (κ3) is 4.26. The number of rotatable bonds is 6. The molecular weight excluding hydrogens is 434 g/mol. The summed E-state index contributed by atoms with van der Waals surface area (Å²) in [5, 5.41) is 10.4. The number of ether oxygens (including phenoxy) is 1. The Morgan fingerprint density at radius 1 is 1.27 bits per heavy atom. The summed E-state index contributed by atoms with van der Waals surface area (Å²) < 4.78 is 6.40. The number of fused-ring (bicyclic) bond motifs is 3. The maximum Gasteiger partial charge on any atom is 0.335 e. The number of anilines is 1. The van der Waals surface area contributed by atoms with E-state index in [1.54, 1.807) is 12.1 Å². The smallest absolute Gasteiger partial charge is 0.335 e. The molecule has 1 N–H and O–H groups in total. The van der Waals surface area contributed by atoms with Gasteiger partial charge in [0.05, 0.1) is 17.9 Å². The van der Waals surface area contributed by atoms with Gasteiger partial charge in [0.1, 0.15) is 5.75 Å². The minimum Gasteiger partial charge on any atom is -0.490 e. The number of allylic oxidation sites excluding steroid dienone is 2. The Morgan fingerprint density at radius 2 is 2.15 bits per heavy atom. The largest absolute Gasteiger partial charge is 0.490 e. The normalized spacial score (nSPS) is 25.9. The van der Waals surface area contributed by atoms with Gasteiger partial charge in [-0.25, -0.2) is 4.79 Å². The van der Waals surface area contributed by atoms with Crippen molar-refractivity contribution >= 4 is 23.3 Å². The standard InChI is InChI=1S/C28H32ClNO3/c1-2-3-4-5-19-6-7-22(19)16-30-17-28(13-12-20-14-23(29)9-10-24(20)28)18-33-26-11-8-21(27(31)32)15-25(26)30/h4-5,8-11,14-15,19,22H,2-3,6-7,12-13,16-18H2,1H3,(H,31,32)/b5-4+/t19-,22+,28-/m0/s1. The Kier molecular flexibility index (Phi) is 6.13. The van der Waals surface area contributed by atoms with Crippen LogP contribution in [0.4, 0.5) is 5.69 Å². The average molecular weight is 466 g/mol. The van der Waals surface area contributed by atoms with Crippen LogP contribution in [-0.4, -0.2) is 30.8 Å². The van der Waals surface area contributed by atoms with E-state index in [1.165, 1.54) is 30.4 Å². The molecule has 0 radical (unpaired) electrons. The fourth-order valence-electron chi connectivity index (χ4n) is 5.80. The van der Waals surface area contributed by atoms with Crippen LogP contribution in [0, 0.1) is 11.8 Å². The zero-order chi connectivity index (χ0) is 23.0. The van der Waals surface area contributed by atoms with Gasteiger partial charge >= 0.3 is 5.97 Å². The highest BCUT2D eigenvalue weighted by Crippen LogP contribution is 2.47. The third-order valence-corrected chi connectivity index (χ3v) is 8.06. The fraction of sp³-hybridized carbons (Fsp3) is 0.464. The van der Waals surface area contributed by atoms with Crippen LogP contribution in [0.15, 0.2) is 48.6 Å². The van der Waals surface area contributed by atoms with Crippen molar-refractivity contribution in [2.24, 2.45) is 11.8 Å². The van der Waals surface area contributed by atoms with Gasteiger partial charge in [0, 0.05) is 23.5 Å². The second-order valence-corrected chi connectivity index (χ2v) is 10.4. The van der Waals surface area contributed by atoms with Gasteiger partial charge in [-0.1, -0.05) is 43.2 Å². The van der Waals surface area contributed by atoms with E-state index in [2.05, 4.69) is 36.1 Å². The number of aryl methyl sites for hydroxylation is 1. The number of hydrogen-bond donors (Lipinski definition) is 1. The summed E-state index contributed by atoms with van der Waals surface area (Å²) in [5.74, 6) is 1.08. The lowest BCUT2D eigenvalue weighted by Gasteiger charge is -2.41. The Hall–Kier alpha value is -2.46. The molecular formula is C28H32ClNO3. The molecule has 0 bridgehead atoms. The van der Waals surface area contributed by atoms with E-state index in [4.69, 9.17) is 16.3 Å². The van der Waals surface area contributed by atoms with E-state index in [1.807, 2.05) is 12.1 Å². The van der Waals surface area contributed by atoms with Crippen LogP contribution in [0.1, 0.15) is 60.5 Å². The molecule has 0 amide bonds. The Morgan fingerprint density at radius 3 is 2.91 bits per heavy atom. The van der Waals surface area contributed by atoms with Crippen LogP contribution in [0.2, 0.25) is 5.02 Å². The van der Waals surface area contributed by atoms with Crippen LogP contribution in [-0.2, 0) is 11.8 Å². The van der Waals surface area contributed by atoms with E-state index in [9.17, 15) is 9.90 Å². The minimum absolute atomic E-state index is 0.111. The number of halogens is 1. The van der Waals surface area contributed by atoms with Crippen LogP contribution < -0.4 is 9.64 Å². The molecule has 2 aliphatic carbocycles. The zero-order valence-electron chi connectivity index (χ0n) is 19.2. The van der Waals surface area contributed by atoms with E-state index in [0.717, 1.165) is 48.8 Å². The van der Waals surface area contributed by atoms with Crippen molar-refractivity contribution < 1.29 is 14.6 Å². The quantitative estimate of drug-likeness (QED) is 0.494. The SMILES string of the molecule is CCC/C=C/[C@H]1CC[C@@H]1CN1C[C@@]2(CCc3cc(Cl)ccc32)COc2ccc(C(=O)O)cc21. The molecule has 5 rings (SSSR count). The first-order chi connectivity index (χ1) is 16.0. The number of unbranched alkanes of at least 4 members (excludes halogenated alkanes) is 1. The van der Waals surface area contributed by atoms with Crippen molar-refractivity contribution in [2.75, 3.05) is 24.6 Å². The molecule has 0 unspecified atom stereocenters. The maximum absolute atomic E-state index is 11.7. The van der Waals surface area contributed by atoms with Gasteiger partial charge in [-0.2, -0.15) is 0 Å². The van der Waals surface area contributed by atoms with Gasteiger partial charge in [-0.05, 0) is 85.4 Å². The number of benzene rings is 2. The molecule has 0 saturated heterocycles. The first kappa shape index (κ1) is 22.3. The number of carboxylic acid groups (broad SMARTS) is 1. The summed E-state index contributed by atoms with van der Waals surface area (Å²) >= 11 is 6.29. The molecule has 5 heteroatoms. The second-order valence-electron chi connectivity index (χ2n) is 9.96. The van der Waals surface area contributed by atoms with Crippen molar-refractivity contribution in [3.8, 4) is 5.75 Å². The molecule has 1 saturated carbocycles. The molecule has 3 aliphatic rings. The van der Waals surface area contributed by atoms with Crippen LogP contribution in [0.3, 0.4) is 0 Å². The topological polar surface area (TPSA) is 49.8 Å². The molecule has 0 aromatic heterocycles. The number of aromatic carboxylic acids is 1. The van der Waals surface area contributed by atoms with Crippen molar-refractivity contribution in [3.63, 3.8) is 0 Å². The Bertz CT molecular complexity index is 1080. The summed E-state index contributed by atoms with van der Waals surface area (Å²) in [7, 11) is 0. The van der Waals surface area contributed by atoms with E-state index >= 15 is 0 Å². The minimum atomic E-state index is -0.901. The first-order valence-electron chi connectivity index (χ1n) is 12.2. The molecule has 1 fully saturated rings. The molecule has 2 aromatic rings. The summed E-state index contributed by atoms with van der Waals surface area (Å²) in [6, 6.07) is 11.5. The lowest BCUT2D eigenvalue weighted by Crippen LogP contribution is -2.45. The van der Waals surface area contributed by atoms with Gasteiger partial charge in [0.15, 0.2) is 0 Å². The van der Waals surface area contributed by atoms with E-state index in [-0.39, 0.29) is 5.41 Å². The summed E-state index contributed by atoms with van der Waals surface area (Å²) in [4.78, 5) is 14.2. The molecule has 1 aliphatic heterocycles. The predicted molar refractivity (Wildman–Crippen MR) is 133 cm³/mol. The van der Waals surface area contributed by atoms with Crippen molar-refractivity contribution in [3.05, 3.63) is 70.3 Å². The van der Waals surface area contributed by atoms with Gasteiger partial charge < -0.3 is 14.7 Å². The Labute approximate surface area is 201 Å². The van der Waals surface area contributed by atoms with Crippen LogP contribution >= 0.6 is 11.6 Å². The predicted octanol–water partition coefficient (Wildman–Crippen LogP) is 6.50. The highest BCUT2D eigenvalue weighted by Gasteiger charge is 2.44. The third-order valence-electron chi connectivity index (χ3n) is 7.83. The van der Waals surface area contributed by atoms with Crippen LogP contribution in [0.5, 0.6) is 5.75 Å². The average Bonchev–Trinajstić information content (AvgIpc) is 3.05. The number of carboxylic acids is 1. The summed E-state index contributed by atoms with van der Waals surface area (Å²) in [6.07, 6.45) is 11.5. The molecule has 3 atom stereocenters. The summed E-state index contributed by atoms with van der Waals surface area (Å²) in [5.41, 5.74) is 3.75. The summed E-state index contributed by atoms with van der Waals surface area (Å²) in [6.45, 7) is 4.57. The molecule has 33 heavy (non-hydrogen) atoms. The van der Waals surface area contributed by atoms with Gasteiger partial charge in [-0.3, -0.25) is 0 Å². The number of nitrogens with zero attached hydrogens (tertiary/aromatic N) is 1. The Balaban J connectivity index is 1.49. The lowest BCUT2D eigenvalue weighted by molar-refractivity contribution is 0.0697. The highest BCUT2D eigenvalue weighted by atomic mass is 35.5. The lowest BCUT2D eigenvalue weighted by atomic mass is 9.72.